The number of aliphatic hydroxyl groups is 1. The molecule has 1 aliphatic carbocycles. The Balaban J connectivity index is 0.00000361. The predicted molar refractivity (Wildman–Crippen MR) is 149 cm³/mol. The number of nitrogens with zero attached hydrogens (tertiary/aromatic N) is 1. The number of ether oxygens (including phenoxy) is 1. The SMILES string of the molecule is CC(C)(C)OC(=O)N[C@@H](CCO)C(=O)N1CCC(=C2c3ccccc3C=Cc3ccccc32)CC1.S. The molecule has 1 fully saturated rings. The first-order valence-corrected chi connectivity index (χ1v) is 12.2. The summed E-state index contributed by atoms with van der Waals surface area (Å²) in [5, 5.41) is 12.1. The molecular weight excluding hydrogens is 472 g/mol. The summed E-state index contributed by atoms with van der Waals surface area (Å²) in [4.78, 5) is 27.3. The average molecular weight is 509 g/mol. The average Bonchev–Trinajstić information content (AvgIpc) is 2.99. The Morgan fingerprint density at radius 2 is 1.50 bits per heavy atom. The molecule has 2 aromatic rings. The summed E-state index contributed by atoms with van der Waals surface area (Å²) in [6.45, 7) is 6.24. The number of nitrogens with one attached hydrogen (secondary N) is 1. The molecule has 0 bridgehead atoms. The maximum Gasteiger partial charge on any atom is 0.408 e. The van der Waals surface area contributed by atoms with E-state index in [1.807, 2.05) is 0 Å². The van der Waals surface area contributed by atoms with Crippen molar-refractivity contribution in [3.8, 4) is 0 Å². The quantitative estimate of drug-likeness (QED) is 0.521. The minimum absolute atomic E-state index is 0. The van der Waals surface area contributed by atoms with Crippen molar-refractivity contribution < 1.29 is 19.4 Å². The van der Waals surface area contributed by atoms with Crippen LogP contribution in [0.5, 0.6) is 0 Å². The zero-order valence-corrected chi connectivity index (χ0v) is 22.2. The maximum atomic E-state index is 13.2. The van der Waals surface area contributed by atoms with Gasteiger partial charge in [-0.3, -0.25) is 4.79 Å². The van der Waals surface area contributed by atoms with Gasteiger partial charge in [0.2, 0.25) is 5.91 Å². The lowest BCUT2D eigenvalue weighted by atomic mass is 9.86. The fraction of sp³-hybridized carbons (Fsp3) is 0.379. The third-order valence-corrected chi connectivity index (χ3v) is 6.34. The van der Waals surface area contributed by atoms with E-state index in [2.05, 4.69) is 66.0 Å². The topological polar surface area (TPSA) is 78.9 Å². The van der Waals surface area contributed by atoms with Gasteiger partial charge in [-0.05, 0) is 67.9 Å². The van der Waals surface area contributed by atoms with Gasteiger partial charge in [0.05, 0.1) is 0 Å². The van der Waals surface area contributed by atoms with E-state index in [0.717, 1.165) is 12.8 Å². The Kier molecular flexibility index (Phi) is 9.03. The largest absolute Gasteiger partial charge is 0.444 e. The minimum Gasteiger partial charge on any atom is -0.444 e. The molecule has 1 atom stereocenters. The van der Waals surface area contributed by atoms with Crippen molar-refractivity contribution in [2.45, 2.75) is 51.7 Å². The highest BCUT2D eigenvalue weighted by atomic mass is 32.1. The number of fused-ring (bicyclic) bond motifs is 2. The number of likely N-dealkylation sites (tertiary alicyclic amines) is 1. The Hall–Kier alpha value is -3.03. The van der Waals surface area contributed by atoms with Crippen molar-refractivity contribution in [1.82, 2.24) is 10.2 Å². The second-order valence-corrected chi connectivity index (χ2v) is 10.0. The molecule has 7 heteroatoms. The van der Waals surface area contributed by atoms with Crippen LogP contribution in [0.1, 0.15) is 62.3 Å². The van der Waals surface area contributed by atoms with Gasteiger partial charge in [-0.1, -0.05) is 66.3 Å². The third kappa shape index (κ3) is 6.39. The standard InChI is InChI=1S/C29H34N2O4.H2S/c1-29(2,3)35-28(34)30-25(16-19-32)27(33)31-17-14-22(15-18-31)26-23-10-6-4-8-20(23)12-13-21-9-5-7-11-24(21)26;/h4-13,25,32H,14-19H2,1-3H3,(H,30,34);1H2/t25-;/m0./s1. The van der Waals surface area contributed by atoms with Gasteiger partial charge in [0.1, 0.15) is 11.6 Å². The van der Waals surface area contributed by atoms with Crippen LogP contribution in [0.4, 0.5) is 4.79 Å². The van der Waals surface area contributed by atoms with Gasteiger partial charge in [0, 0.05) is 19.7 Å². The van der Waals surface area contributed by atoms with Gasteiger partial charge >= 0.3 is 6.09 Å². The molecule has 2 N–H and O–H groups in total. The molecule has 2 amide bonds. The second kappa shape index (κ2) is 11.8. The monoisotopic (exact) mass is 508 g/mol. The number of piperidine rings is 1. The van der Waals surface area contributed by atoms with E-state index in [1.165, 1.54) is 33.4 Å². The summed E-state index contributed by atoms with van der Waals surface area (Å²) in [7, 11) is 0. The maximum absolute atomic E-state index is 13.2. The molecule has 0 radical (unpaired) electrons. The number of amides is 2. The van der Waals surface area contributed by atoms with Crippen molar-refractivity contribution in [2.75, 3.05) is 19.7 Å². The van der Waals surface area contributed by atoms with Crippen LogP contribution in [0.3, 0.4) is 0 Å². The lowest BCUT2D eigenvalue weighted by molar-refractivity contribution is -0.134. The van der Waals surface area contributed by atoms with Crippen LogP contribution in [-0.4, -0.2) is 53.3 Å². The molecular formula is C29H36N2O4S. The highest BCUT2D eigenvalue weighted by Crippen LogP contribution is 2.38. The fourth-order valence-corrected chi connectivity index (χ4v) is 4.75. The number of carbonyl (C=O) groups excluding carboxylic acids is 2. The van der Waals surface area contributed by atoms with E-state index in [0.29, 0.717) is 13.1 Å². The molecule has 1 saturated heterocycles. The van der Waals surface area contributed by atoms with Crippen LogP contribution >= 0.6 is 13.5 Å². The molecule has 1 heterocycles. The molecule has 0 unspecified atom stereocenters. The lowest BCUT2D eigenvalue weighted by Crippen LogP contribution is -2.51. The van der Waals surface area contributed by atoms with Crippen molar-refractivity contribution >= 4 is 43.2 Å². The summed E-state index contributed by atoms with van der Waals surface area (Å²) in [5.74, 6) is -0.183. The highest BCUT2D eigenvalue weighted by molar-refractivity contribution is 7.59. The van der Waals surface area contributed by atoms with E-state index in [4.69, 9.17) is 4.74 Å². The number of hydrogen-bond donors (Lipinski definition) is 2. The predicted octanol–water partition coefficient (Wildman–Crippen LogP) is 4.98. The summed E-state index contributed by atoms with van der Waals surface area (Å²) in [6, 6.07) is 16.1. The number of benzene rings is 2. The number of carbonyl (C=O) groups is 2. The summed E-state index contributed by atoms with van der Waals surface area (Å²) < 4.78 is 5.31. The smallest absolute Gasteiger partial charge is 0.408 e. The first kappa shape index (κ1) is 27.6. The second-order valence-electron chi connectivity index (χ2n) is 10.0. The summed E-state index contributed by atoms with van der Waals surface area (Å²) >= 11 is 0. The molecule has 0 saturated carbocycles. The molecule has 2 aromatic carbocycles. The molecule has 0 aromatic heterocycles. The minimum atomic E-state index is -0.812. The van der Waals surface area contributed by atoms with Gasteiger partial charge < -0.3 is 20.1 Å². The van der Waals surface area contributed by atoms with Crippen LogP contribution in [0.25, 0.3) is 17.7 Å². The van der Waals surface area contributed by atoms with Crippen molar-refractivity contribution in [3.05, 3.63) is 76.4 Å². The molecule has 6 nitrogen and oxygen atoms in total. The van der Waals surface area contributed by atoms with E-state index < -0.39 is 17.7 Å². The van der Waals surface area contributed by atoms with Crippen LogP contribution < -0.4 is 5.32 Å². The fourth-order valence-electron chi connectivity index (χ4n) is 4.75. The van der Waals surface area contributed by atoms with Gasteiger partial charge in [-0.25, -0.2) is 4.79 Å². The van der Waals surface area contributed by atoms with Crippen LogP contribution in [0.15, 0.2) is 54.1 Å². The van der Waals surface area contributed by atoms with Gasteiger partial charge in [-0.15, -0.1) is 0 Å². The molecule has 192 valence electrons. The zero-order chi connectivity index (χ0) is 25.0. The van der Waals surface area contributed by atoms with E-state index in [-0.39, 0.29) is 32.4 Å². The normalized spacial score (nSPS) is 15.7. The number of aliphatic hydroxyl groups excluding tert-OH is 1. The third-order valence-electron chi connectivity index (χ3n) is 6.34. The van der Waals surface area contributed by atoms with E-state index >= 15 is 0 Å². The summed E-state index contributed by atoms with van der Waals surface area (Å²) in [6.07, 6.45) is 5.34. The summed E-state index contributed by atoms with van der Waals surface area (Å²) in [5.41, 5.74) is 6.73. The van der Waals surface area contributed by atoms with Crippen molar-refractivity contribution in [2.24, 2.45) is 0 Å². The Labute approximate surface area is 220 Å². The Morgan fingerprint density at radius 3 is 2.00 bits per heavy atom. The first-order valence-electron chi connectivity index (χ1n) is 12.2. The van der Waals surface area contributed by atoms with E-state index in [9.17, 15) is 14.7 Å². The van der Waals surface area contributed by atoms with Crippen LogP contribution in [0.2, 0.25) is 0 Å². The Morgan fingerprint density at radius 1 is 0.972 bits per heavy atom. The first-order chi connectivity index (χ1) is 16.8. The molecule has 2 aliphatic rings. The molecule has 36 heavy (non-hydrogen) atoms. The number of alkyl carbamates (subject to hydrolysis) is 1. The van der Waals surface area contributed by atoms with Crippen molar-refractivity contribution in [1.29, 1.82) is 0 Å². The van der Waals surface area contributed by atoms with Crippen LogP contribution in [0, 0.1) is 0 Å². The van der Waals surface area contributed by atoms with E-state index in [1.54, 1.807) is 25.7 Å². The number of rotatable bonds is 4. The van der Waals surface area contributed by atoms with Gasteiger partial charge in [-0.2, -0.15) is 13.5 Å². The lowest BCUT2D eigenvalue weighted by Gasteiger charge is -2.33. The highest BCUT2D eigenvalue weighted by Gasteiger charge is 2.30. The van der Waals surface area contributed by atoms with Crippen molar-refractivity contribution in [3.63, 3.8) is 0 Å². The van der Waals surface area contributed by atoms with Gasteiger partial charge in [0.25, 0.3) is 0 Å². The molecule has 1 aliphatic heterocycles. The van der Waals surface area contributed by atoms with Gasteiger partial charge in [0.15, 0.2) is 0 Å². The van der Waals surface area contributed by atoms with Crippen LogP contribution in [-0.2, 0) is 9.53 Å². The zero-order valence-electron chi connectivity index (χ0n) is 21.2. The molecule has 0 spiro atoms. The number of hydrogen-bond acceptors (Lipinski definition) is 4. The molecule has 4 rings (SSSR count). The Bertz CT molecular complexity index is 1100.